The summed E-state index contributed by atoms with van der Waals surface area (Å²) in [5.74, 6) is 0. The Hall–Kier alpha value is -0.250. The van der Waals surface area contributed by atoms with E-state index in [2.05, 4.69) is 28.2 Å². The molecular weight excluding hydrogens is 246 g/mol. The number of nitrogens with one attached hydrogen (secondary N) is 1. The van der Waals surface area contributed by atoms with Gasteiger partial charge in [0.25, 0.3) is 0 Å². The van der Waals surface area contributed by atoms with Crippen LogP contribution in [0, 0.1) is 0 Å². The summed E-state index contributed by atoms with van der Waals surface area (Å²) in [7, 11) is 0. The second-order valence-corrected chi connectivity index (χ2v) is 4.58. The van der Waals surface area contributed by atoms with Crippen LogP contribution >= 0.6 is 15.9 Å². The van der Waals surface area contributed by atoms with E-state index in [1.807, 2.05) is 0 Å². The Morgan fingerprint density at radius 3 is 2.43 bits per heavy atom. The lowest BCUT2D eigenvalue weighted by Gasteiger charge is -2.08. The number of halogens is 1. The summed E-state index contributed by atoms with van der Waals surface area (Å²) in [6.07, 6.45) is 7.34. The van der Waals surface area contributed by atoms with Gasteiger partial charge in [0.15, 0.2) is 0 Å². The largest absolute Gasteiger partial charge is 0.465 e. The highest BCUT2D eigenvalue weighted by atomic mass is 79.9. The van der Waals surface area contributed by atoms with Crippen LogP contribution in [0.15, 0.2) is 0 Å². The Labute approximate surface area is 94.4 Å². The molecule has 2 N–H and O–H groups in total. The fourth-order valence-electron chi connectivity index (χ4n) is 1.31. The van der Waals surface area contributed by atoms with Crippen molar-refractivity contribution >= 4 is 22.0 Å². The normalized spacial score (nSPS) is 12.4. The zero-order chi connectivity index (χ0) is 10.8. The van der Waals surface area contributed by atoms with Gasteiger partial charge in [-0.15, -0.1) is 0 Å². The van der Waals surface area contributed by atoms with Crippen molar-refractivity contribution in [2.24, 2.45) is 0 Å². The maximum atomic E-state index is 10.2. The molecule has 1 unspecified atom stereocenters. The highest BCUT2D eigenvalue weighted by molar-refractivity contribution is 9.09. The molecule has 0 saturated heterocycles. The Morgan fingerprint density at radius 1 is 1.29 bits per heavy atom. The van der Waals surface area contributed by atoms with Gasteiger partial charge >= 0.3 is 6.09 Å². The summed E-state index contributed by atoms with van der Waals surface area (Å²) in [6.45, 7) is 2.20. The Morgan fingerprint density at radius 2 is 1.86 bits per heavy atom. The zero-order valence-electron chi connectivity index (χ0n) is 8.76. The number of hydrogen-bond acceptors (Lipinski definition) is 1. The minimum atomic E-state index is -0.960. The van der Waals surface area contributed by atoms with E-state index in [4.69, 9.17) is 5.11 Å². The molecule has 0 bridgehead atoms. The van der Waals surface area contributed by atoms with Gasteiger partial charge < -0.3 is 10.4 Å². The van der Waals surface area contributed by atoms with E-state index in [-0.39, 0.29) is 4.95 Å². The van der Waals surface area contributed by atoms with Gasteiger partial charge in [-0.2, -0.15) is 0 Å². The monoisotopic (exact) mass is 265 g/mol. The summed E-state index contributed by atoms with van der Waals surface area (Å²) >= 11 is 3.27. The lowest BCUT2D eigenvalue weighted by molar-refractivity contribution is 0.193. The molecule has 0 aromatic rings. The Balaban J connectivity index is 3.14. The summed E-state index contributed by atoms with van der Waals surface area (Å²) in [4.78, 5) is 10.2. The van der Waals surface area contributed by atoms with E-state index in [9.17, 15) is 4.79 Å². The molecule has 14 heavy (non-hydrogen) atoms. The van der Waals surface area contributed by atoms with Gasteiger partial charge in [-0.05, 0) is 6.42 Å². The fourth-order valence-corrected chi connectivity index (χ4v) is 1.83. The van der Waals surface area contributed by atoms with Crippen LogP contribution in [0.3, 0.4) is 0 Å². The molecule has 0 saturated carbocycles. The van der Waals surface area contributed by atoms with Crippen LogP contribution in [0.2, 0.25) is 0 Å². The smallest absolute Gasteiger partial charge is 0.405 e. The Kier molecular flexibility index (Phi) is 9.14. The highest BCUT2D eigenvalue weighted by Gasteiger charge is 2.05. The van der Waals surface area contributed by atoms with Crippen LogP contribution in [-0.2, 0) is 0 Å². The Bertz CT molecular complexity index is 153. The average Bonchev–Trinajstić information content (AvgIpc) is 2.10. The molecule has 0 fully saturated rings. The summed E-state index contributed by atoms with van der Waals surface area (Å²) < 4.78 is 0. The minimum Gasteiger partial charge on any atom is -0.465 e. The molecule has 1 atom stereocenters. The predicted molar refractivity (Wildman–Crippen MR) is 61.9 cm³/mol. The number of rotatable bonds is 8. The number of alkyl halides is 1. The van der Waals surface area contributed by atoms with Gasteiger partial charge in [0, 0.05) is 0 Å². The molecule has 0 heterocycles. The summed E-state index contributed by atoms with van der Waals surface area (Å²) in [5, 5.41) is 10.8. The maximum absolute atomic E-state index is 10.2. The van der Waals surface area contributed by atoms with Gasteiger partial charge in [0.1, 0.15) is 0 Å². The molecule has 0 aliphatic heterocycles. The predicted octanol–water partition coefficient (Wildman–Crippen LogP) is 3.73. The van der Waals surface area contributed by atoms with Crippen LogP contribution in [0.1, 0.15) is 51.9 Å². The first-order valence-corrected chi connectivity index (χ1v) is 6.22. The van der Waals surface area contributed by atoms with Crippen molar-refractivity contribution in [3.05, 3.63) is 0 Å². The van der Waals surface area contributed by atoms with E-state index < -0.39 is 6.09 Å². The first-order valence-electron chi connectivity index (χ1n) is 5.30. The molecule has 0 spiro atoms. The second-order valence-electron chi connectivity index (χ2n) is 3.47. The van der Waals surface area contributed by atoms with E-state index in [1.165, 1.54) is 32.1 Å². The van der Waals surface area contributed by atoms with Gasteiger partial charge in [-0.3, -0.25) is 0 Å². The van der Waals surface area contributed by atoms with E-state index in [0.717, 1.165) is 12.8 Å². The number of carbonyl (C=O) groups is 1. The fraction of sp³-hybridized carbons (Fsp3) is 0.900. The molecule has 0 rings (SSSR count). The standard InChI is InChI=1S/C10H20BrNO2/c1-2-3-4-5-6-7-8-9(11)12-10(13)14/h9,12H,2-8H2,1H3,(H,13,14). The number of hydrogen-bond donors (Lipinski definition) is 2. The average molecular weight is 266 g/mol. The molecule has 0 aliphatic rings. The molecule has 3 nitrogen and oxygen atoms in total. The molecule has 0 aliphatic carbocycles. The van der Waals surface area contributed by atoms with Gasteiger partial charge in [-0.25, -0.2) is 4.79 Å². The molecule has 0 aromatic heterocycles. The quantitative estimate of drug-likeness (QED) is 0.399. The zero-order valence-corrected chi connectivity index (χ0v) is 10.3. The first kappa shape index (κ1) is 13.8. The van der Waals surface area contributed by atoms with Crippen molar-refractivity contribution in [3.63, 3.8) is 0 Å². The second kappa shape index (κ2) is 9.31. The molecule has 4 heteroatoms. The third-order valence-electron chi connectivity index (χ3n) is 2.09. The van der Waals surface area contributed by atoms with Crippen molar-refractivity contribution in [2.45, 2.75) is 56.8 Å². The van der Waals surface area contributed by atoms with Crippen LogP contribution < -0.4 is 5.32 Å². The lowest BCUT2D eigenvalue weighted by Crippen LogP contribution is -2.28. The summed E-state index contributed by atoms with van der Waals surface area (Å²) in [5.41, 5.74) is 0. The molecule has 0 aromatic carbocycles. The van der Waals surface area contributed by atoms with Crippen molar-refractivity contribution in [1.82, 2.24) is 5.32 Å². The topological polar surface area (TPSA) is 49.3 Å². The SMILES string of the molecule is CCCCCCCCC(Br)NC(=O)O. The molecular formula is C10H20BrNO2. The van der Waals surface area contributed by atoms with Crippen molar-refractivity contribution < 1.29 is 9.90 Å². The van der Waals surface area contributed by atoms with Gasteiger partial charge in [0.05, 0.1) is 4.95 Å². The molecule has 1 amide bonds. The third-order valence-corrected chi connectivity index (χ3v) is 2.78. The minimum absolute atomic E-state index is 0.0915. The number of amides is 1. The van der Waals surface area contributed by atoms with Gasteiger partial charge in [-0.1, -0.05) is 61.4 Å². The van der Waals surface area contributed by atoms with E-state index in [1.54, 1.807) is 0 Å². The van der Waals surface area contributed by atoms with Crippen LogP contribution in [0.4, 0.5) is 4.79 Å². The van der Waals surface area contributed by atoms with Crippen LogP contribution in [0.5, 0.6) is 0 Å². The van der Waals surface area contributed by atoms with Crippen LogP contribution in [-0.4, -0.2) is 16.2 Å². The molecule has 84 valence electrons. The van der Waals surface area contributed by atoms with E-state index in [0.29, 0.717) is 0 Å². The third kappa shape index (κ3) is 9.84. The van der Waals surface area contributed by atoms with Crippen molar-refractivity contribution in [3.8, 4) is 0 Å². The number of carboxylic acid groups (broad SMARTS) is 1. The van der Waals surface area contributed by atoms with Crippen LogP contribution in [0.25, 0.3) is 0 Å². The van der Waals surface area contributed by atoms with Crippen molar-refractivity contribution in [2.75, 3.05) is 0 Å². The van der Waals surface area contributed by atoms with Crippen molar-refractivity contribution in [1.29, 1.82) is 0 Å². The first-order chi connectivity index (χ1) is 6.66. The summed E-state index contributed by atoms with van der Waals surface area (Å²) in [6, 6.07) is 0. The maximum Gasteiger partial charge on any atom is 0.405 e. The molecule has 0 radical (unpaired) electrons. The van der Waals surface area contributed by atoms with Gasteiger partial charge in [0.2, 0.25) is 0 Å². The number of unbranched alkanes of at least 4 members (excludes halogenated alkanes) is 5. The highest BCUT2D eigenvalue weighted by Crippen LogP contribution is 2.11. The lowest BCUT2D eigenvalue weighted by atomic mass is 10.1. The van der Waals surface area contributed by atoms with E-state index >= 15 is 0 Å².